The standard InChI is InChI=1S/C16H25FN2O/c1-4-9-18-11-13-6-5-7-14(17)16(13)19(3)15-8-10-20-12(15)2/h5-7,12,15,18H,4,8-11H2,1-3H3. The van der Waals surface area contributed by atoms with Crippen LogP contribution in [0.2, 0.25) is 0 Å². The van der Waals surface area contributed by atoms with E-state index < -0.39 is 0 Å². The molecule has 1 aliphatic heterocycles. The highest BCUT2D eigenvalue weighted by molar-refractivity contribution is 5.55. The molecule has 0 amide bonds. The van der Waals surface area contributed by atoms with Gasteiger partial charge in [0.2, 0.25) is 0 Å². The highest BCUT2D eigenvalue weighted by Gasteiger charge is 2.30. The number of anilines is 1. The molecule has 4 heteroatoms. The maximum absolute atomic E-state index is 14.3. The Morgan fingerprint density at radius 3 is 2.90 bits per heavy atom. The van der Waals surface area contributed by atoms with E-state index in [-0.39, 0.29) is 18.0 Å². The Kier molecular flexibility index (Phi) is 5.38. The average molecular weight is 280 g/mol. The lowest BCUT2D eigenvalue weighted by Gasteiger charge is -2.31. The van der Waals surface area contributed by atoms with Gasteiger partial charge in [-0.05, 0) is 37.9 Å². The number of hydrogen-bond acceptors (Lipinski definition) is 3. The Morgan fingerprint density at radius 1 is 1.45 bits per heavy atom. The van der Waals surface area contributed by atoms with Crippen LogP contribution < -0.4 is 10.2 Å². The van der Waals surface area contributed by atoms with Crippen molar-refractivity contribution >= 4 is 5.69 Å². The minimum atomic E-state index is -0.151. The molecule has 2 unspecified atom stereocenters. The molecule has 0 radical (unpaired) electrons. The van der Waals surface area contributed by atoms with E-state index in [0.717, 1.165) is 31.6 Å². The SMILES string of the molecule is CCCNCc1cccc(F)c1N(C)C1CCOC1C. The molecule has 0 aromatic heterocycles. The van der Waals surface area contributed by atoms with Crippen LogP contribution in [0.5, 0.6) is 0 Å². The molecule has 112 valence electrons. The van der Waals surface area contributed by atoms with Gasteiger partial charge in [0, 0.05) is 20.2 Å². The summed E-state index contributed by atoms with van der Waals surface area (Å²) in [6, 6.07) is 5.56. The minimum absolute atomic E-state index is 0.149. The highest BCUT2D eigenvalue weighted by atomic mass is 19.1. The smallest absolute Gasteiger partial charge is 0.146 e. The van der Waals surface area contributed by atoms with Crippen LogP contribution >= 0.6 is 0 Å². The number of hydrogen-bond donors (Lipinski definition) is 1. The molecule has 1 saturated heterocycles. The van der Waals surface area contributed by atoms with Crippen molar-refractivity contribution in [3.05, 3.63) is 29.6 Å². The molecule has 1 aliphatic rings. The number of likely N-dealkylation sites (N-methyl/N-ethyl adjacent to an activating group) is 1. The summed E-state index contributed by atoms with van der Waals surface area (Å²) in [5, 5.41) is 3.35. The molecule has 0 aliphatic carbocycles. The zero-order chi connectivity index (χ0) is 14.5. The van der Waals surface area contributed by atoms with Gasteiger partial charge in [0.05, 0.1) is 17.8 Å². The number of nitrogens with zero attached hydrogens (tertiary/aromatic N) is 1. The van der Waals surface area contributed by atoms with Crippen molar-refractivity contribution in [2.24, 2.45) is 0 Å². The van der Waals surface area contributed by atoms with Crippen LogP contribution in [-0.2, 0) is 11.3 Å². The second-order valence-corrected chi connectivity index (χ2v) is 5.47. The molecule has 1 aromatic rings. The van der Waals surface area contributed by atoms with Gasteiger partial charge < -0.3 is 15.0 Å². The Labute approximate surface area is 121 Å². The molecule has 2 atom stereocenters. The molecule has 1 fully saturated rings. The summed E-state index contributed by atoms with van der Waals surface area (Å²) in [7, 11) is 1.97. The monoisotopic (exact) mass is 280 g/mol. The summed E-state index contributed by atoms with van der Waals surface area (Å²) in [4.78, 5) is 2.05. The predicted molar refractivity (Wildman–Crippen MR) is 80.6 cm³/mol. The summed E-state index contributed by atoms with van der Waals surface area (Å²) in [6.07, 6.45) is 2.18. The first-order chi connectivity index (χ1) is 9.65. The fourth-order valence-corrected chi connectivity index (χ4v) is 2.89. The summed E-state index contributed by atoms with van der Waals surface area (Å²) >= 11 is 0. The van der Waals surface area contributed by atoms with Gasteiger partial charge in [0.1, 0.15) is 5.82 Å². The van der Waals surface area contributed by atoms with Crippen molar-refractivity contribution < 1.29 is 9.13 Å². The van der Waals surface area contributed by atoms with Gasteiger partial charge in [-0.1, -0.05) is 19.1 Å². The lowest BCUT2D eigenvalue weighted by Crippen LogP contribution is -2.38. The van der Waals surface area contributed by atoms with E-state index in [1.807, 2.05) is 13.1 Å². The zero-order valence-corrected chi connectivity index (χ0v) is 12.7. The van der Waals surface area contributed by atoms with E-state index in [4.69, 9.17) is 4.74 Å². The summed E-state index contributed by atoms with van der Waals surface area (Å²) in [5.41, 5.74) is 1.72. The molecule has 0 bridgehead atoms. The van der Waals surface area contributed by atoms with Crippen molar-refractivity contribution in [1.82, 2.24) is 5.32 Å². The average Bonchev–Trinajstić information content (AvgIpc) is 2.85. The normalized spacial score (nSPS) is 22.2. The second kappa shape index (κ2) is 7.04. The number of halogens is 1. The number of rotatable bonds is 6. The predicted octanol–water partition coefficient (Wildman–Crippen LogP) is 2.94. The van der Waals surface area contributed by atoms with E-state index in [2.05, 4.69) is 24.1 Å². The molecule has 1 N–H and O–H groups in total. The van der Waals surface area contributed by atoms with Gasteiger partial charge in [-0.3, -0.25) is 0 Å². The van der Waals surface area contributed by atoms with Crippen molar-refractivity contribution in [3.8, 4) is 0 Å². The van der Waals surface area contributed by atoms with Gasteiger partial charge in [0.15, 0.2) is 0 Å². The van der Waals surface area contributed by atoms with Crippen molar-refractivity contribution in [2.45, 2.75) is 45.4 Å². The maximum atomic E-state index is 14.3. The fourth-order valence-electron chi connectivity index (χ4n) is 2.89. The maximum Gasteiger partial charge on any atom is 0.146 e. The Hall–Kier alpha value is -1.13. The minimum Gasteiger partial charge on any atom is -0.376 e. The van der Waals surface area contributed by atoms with Crippen molar-refractivity contribution in [3.63, 3.8) is 0 Å². The zero-order valence-electron chi connectivity index (χ0n) is 12.7. The third-order valence-electron chi connectivity index (χ3n) is 4.00. The van der Waals surface area contributed by atoms with Crippen LogP contribution in [0.25, 0.3) is 0 Å². The first-order valence-electron chi connectivity index (χ1n) is 7.47. The lowest BCUT2D eigenvalue weighted by atomic mass is 10.1. The van der Waals surface area contributed by atoms with Crippen molar-refractivity contribution in [1.29, 1.82) is 0 Å². The molecule has 2 rings (SSSR count). The van der Waals surface area contributed by atoms with Gasteiger partial charge in [-0.15, -0.1) is 0 Å². The number of para-hydroxylation sites is 1. The van der Waals surface area contributed by atoms with E-state index in [1.54, 1.807) is 6.07 Å². The number of ether oxygens (including phenoxy) is 1. The van der Waals surface area contributed by atoms with Gasteiger partial charge in [0.25, 0.3) is 0 Å². The van der Waals surface area contributed by atoms with Gasteiger partial charge in [-0.25, -0.2) is 4.39 Å². The van der Waals surface area contributed by atoms with Gasteiger partial charge >= 0.3 is 0 Å². The first kappa shape index (κ1) is 15.3. The molecule has 0 spiro atoms. The molecule has 3 nitrogen and oxygen atoms in total. The molecular formula is C16H25FN2O. The molecule has 20 heavy (non-hydrogen) atoms. The van der Waals surface area contributed by atoms with E-state index in [0.29, 0.717) is 12.2 Å². The van der Waals surface area contributed by atoms with E-state index in [1.165, 1.54) is 6.07 Å². The lowest BCUT2D eigenvalue weighted by molar-refractivity contribution is 0.118. The third kappa shape index (κ3) is 3.30. The Balaban J connectivity index is 2.19. The second-order valence-electron chi connectivity index (χ2n) is 5.47. The molecule has 0 saturated carbocycles. The molecule has 1 aromatic carbocycles. The van der Waals surface area contributed by atoms with E-state index in [9.17, 15) is 4.39 Å². The largest absolute Gasteiger partial charge is 0.376 e. The van der Waals surface area contributed by atoms with Crippen LogP contribution in [0.4, 0.5) is 10.1 Å². The third-order valence-corrected chi connectivity index (χ3v) is 4.00. The molecular weight excluding hydrogens is 255 g/mol. The first-order valence-corrected chi connectivity index (χ1v) is 7.47. The Morgan fingerprint density at radius 2 is 2.25 bits per heavy atom. The van der Waals surface area contributed by atoms with Crippen LogP contribution in [0.15, 0.2) is 18.2 Å². The topological polar surface area (TPSA) is 24.5 Å². The van der Waals surface area contributed by atoms with Crippen LogP contribution in [0.3, 0.4) is 0 Å². The van der Waals surface area contributed by atoms with E-state index >= 15 is 0 Å². The Bertz CT molecular complexity index is 438. The van der Waals surface area contributed by atoms with Crippen LogP contribution in [0.1, 0.15) is 32.3 Å². The summed E-state index contributed by atoms with van der Waals surface area (Å²) in [5.74, 6) is -0.151. The quantitative estimate of drug-likeness (QED) is 0.811. The molecule has 1 heterocycles. The summed E-state index contributed by atoms with van der Waals surface area (Å²) in [6.45, 7) is 6.59. The fraction of sp³-hybridized carbons (Fsp3) is 0.625. The van der Waals surface area contributed by atoms with Crippen LogP contribution in [-0.4, -0.2) is 32.3 Å². The summed E-state index contributed by atoms with van der Waals surface area (Å²) < 4.78 is 19.9. The number of nitrogens with one attached hydrogen (secondary N) is 1. The highest BCUT2D eigenvalue weighted by Crippen LogP contribution is 2.29. The van der Waals surface area contributed by atoms with Crippen LogP contribution in [0, 0.1) is 5.82 Å². The van der Waals surface area contributed by atoms with Gasteiger partial charge in [-0.2, -0.15) is 0 Å². The number of benzene rings is 1. The van der Waals surface area contributed by atoms with Crippen molar-refractivity contribution in [2.75, 3.05) is 25.1 Å².